The molecule has 3 aromatic rings. The van der Waals surface area contributed by atoms with Gasteiger partial charge in [0, 0.05) is 23.6 Å². The molecule has 1 amide bonds. The molecular formula is C21H18ClNO3. The van der Waals surface area contributed by atoms with E-state index in [0.717, 1.165) is 10.8 Å². The van der Waals surface area contributed by atoms with Crippen LogP contribution >= 0.6 is 11.6 Å². The van der Waals surface area contributed by atoms with Crippen LogP contribution in [0.1, 0.15) is 23.2 Å². The summed E-state index contributed by atoms with van der Waals surface area (Å²) in [4.78, 5) is 23.9. The fourth-order valence-corrected chi connectivity index (χ4v) is 2.68. The van der Waals surface area contributed by atoms with Crippen molar-refractivity contribution < 1.29 is 14.3 Å². The molecule has 132 valence electrons. The number of amides is 1. The van der Waals surface area contributed by atoms with Crippen molar-refractivity contribution in [3.8, 4) is 5.75 Å². The van der Waals surface area contributed by atoms with E-state index in [0.29, 0.717) is 29.3 Å². The van der Waals surface area contributed by atoms with Crippen LogP contribution in [0.15, 0.2) is 66.7 Å². The summed E-state index contributed by atoms with van der Waals surface area (Å²) in [6.07, 6.45) is 0.736. The predicted molar refractivity (Wildman–Crippen MR) is 103 cm³/mol. The molecule has 0 radical (unpaired) electrons. The molecule has 5 heteroatoms. The average molecular weight is 368 g/mol. The van der Waals surface area contributed by atoms with Crippen LogP contribution in [0, 0.1) is 0 Å². The second-order valence-corrected chi connectivity index (χ2v) is 6.29. The number of carbonyl (C=O) groups is 2. The Labute approximate surface area is 156 Å². The standard InChI is InChI=1S/C21H18ClNO3/c22-18-10-7-16(8-11-18)21(25)23-13-3-6-20(24)26-19-12-9-15-4-1-2-5-17(15)14-19/h1-2,4-5,7-12,14H,3,6,13H2,(H,23,25). The van der Waals surface area contributed by atoms with E-state index in [2.05, 4.69) is 5.32 Å². The van der Waals surface area contributed by atoms with Crippen LogP contribution in [-0.4, -0.2) is 18.4 Å². The van der Waals surface area contributed by atoms with Crippen molar-refractivity contribution in [1.82, 2.24) is 5.32 Å². The zero-order chi connectivity index (χ0) is 18.4. The largest absolute Gasteiger partial charge is 0.427 e. The number of hydrogen-bond acceptors (Lipinski definition) is 3. The van der Waals surface area contributed by atoms with E-state index < -0.39 is 0 Å². The smallest absolute Gasteiger partial charge is 0.311 e. The maximum Gasteiger partial charge on any atom is 0.311 e. The molecule has 1 N–H and O–H groups in total. The summed E-state index contributed by atoms with van der Waals surface area (Å²) >= 11 is 5.79. The predicted octanol–water partition coefficient (Wildman–Crippen LogP) is 4.61. The van der Waals surface area contributed by atoms with Crippen LogP contribution in [0.5, 0.6) is 5.75 Å². The number of esters is 1. The molecule has 0 aliphatic carbocycles. The van der Waals surface area contributed by atoms with Crippen LogP contribution < -0.4 is 10.1 Å². The first kappa shape index (κ1) is 18.0. The molecule has 0 saturated heterocycles. The SMILES string of the molecule is O=C(CCCNC(=O)c1ccc(Cl)cc1)Oc1ccc2ccccc2c1. The van der Waals surface area contributed by atoms with Gasteiger partial charge in [0.2, 0.25) is 0 Å². The van der Waals surface area contributed by atoms with Gasteiger partial charge in [0.25, 0.3) is 5.91 Å². The fourth-order valence-electron chi connectivity index (χ4n) is 2.55. The van der Waals surface area contributed by atoms with Gasteiger partial charge in [-0.2, -0.15) is 0 Å². The van der Waals surface area contributed by atoms with Crippen LogP contribution in [-0.2, 0) is 4.79 Å². The molecule has 0 heterocycles. The second kappa shape index (κ2) is 8.50. The van der Waals surface area contributed by atoms with Gasteiger partial charge in [0.15, 0.2) is 0 Å². The van der Waals surface area contributed by atoms with Crippen LogP contribution in [0.4, 0.5) is 0 Å². The first-order valence-electron chi connectivity index (χ1n) is 8.35. The lowest BCUT2D eigenvalue weighted by Gasteiger charge is -2.07. The summed E-state index contributed by atoms with van der Waals surface area (Å²) in [5.41, 5.74) is 0.535. The van der Waals surface area contributed by atoms with Gasteiger partial charge >= 0.3 is 5.97 Å². The third-order valence-corrected chi connectivity index (χ3v) is 4.15. The van der Waals surface area contributed by atoms with E-state index in [1.807, 2.05) is 36.4 Å². The van der Waals surface area contributed by atoms with Crippen molar-refractivity contribution in [3.63, 3.8) is 0 Å². The molecule has 4 nitrogen and oxygen atoms in total. The molecule has 0 aliphatic heterocycles. The molecule has 3 aromatic carbocycles. The van der Waals surface area contributed by atoms with E-state index in [-0.39, 0.29) is 18.3 Å². The van der Waals surface area contributed by atoms with Gasteiger partial charge in [-0.05, 0) is 53.6 Å². The number of rotatable bonds is 6. The molecule has 3 rings (SSSR count). The highest BCUT2D eigenvalue weighted by atomic mass is 35.5. The Morgan fingerprint density at radius 1 is 0.923 bits per heavy atom. The van der Waals surface area contributed by atoms with Crippen molar-refractivity contribution in [2.45, 2.75) is 12.8 Å². The van der Waals surface area contributed by atoms with E-state index in [1.54, 1.807) is 30.3 Å². The van der Waals surface area contributed by atoms with Crippen molar-refractivity contribution >= 4 is 34.2 Å². The second-order valence-electron chi connectivity index (χ2n) is 5.85. The fraction of sp³-hybridized carbons (Fsp3) is 0.143. The van der Waals surface area contributed by atoms with Gasteiger partial charge in [-0.1, -0.05) is 41.9 Å². The molecule has 0 saturated carbocycles. The third-order valence-electron chi connectivity index (χ3n) is 3.90. The number of carbonyl (C=O) groups excluding carboxylic acids is 2. The Morgan fingerprint density at radius 3 is 2.42 bits per heavy atom. The van der Waals surface area contributed by atoms with E-state index in [1.165, 1.54) is 0 Å². The Hall–Kier alpha value is -2.85. The quantitative estimate of drug-likeness (QED) is 0.393. The van der Waals surface area contributed by atoms with Crippen molar-refractivity contribution in [2.75, 3.05) is 6.54 Å². The first-order chi connectivity index (χ1) is 12.6. The Balaban J connectivity index is 1.43. The van der Waals surface area contributed by atoms with E-state index in [4.69, 9.17) is 16.3 Å². The van der Waals surface area contributed by atoms with Crippen LogP contribution in [0.3, 0.4) is 0 Å². The molecule has 0 bridgehead atoms. The zero-order valence-electron chi connectivity index (χ0n) is 14.1. The summed E-state index contributed by atoms with van der Waals surface area (Å²) in [5.74, 6) is 0.0180. The molecule has 0 unspecified atom stereocenters. The zero-order valence-corrected chi connectivity index (χ0v) is 14.8. The molecular weight excluding hydrogens is 350 g/mol. The normalized spacial score (nSPS) is 10.5. The lowest BCUT2D eigenvalue weighted by atomic mass is 10.1. The highest BCUT2D eigenvalue weighted by Crippen LogP contribution is 2.21. The Morgan fingerprint density at radius 2 is 1.65 bits per heavy atom. The minimum Gasteiger partial charge on any atom is -0.427 e. The summed E-state index contributed by atoms with van der Waals surface area (Å²) in [7, 11) is 0. The molecule has 26 heavy (non-hydrogen) atoms. The van der Waals surface area contributed by atoms with Crippen molar-refractivity contribution in [2.24, 2.45) is 0 Å². The maximum absolute atomic E-state index is 12.0. The molecule has 0 spiro atoms. The third kappa shape index (κ3) is 4.83. The Bertz CT molecular complexity index is 922. The number of ether oxygens (including phenoxy) is 1. The summed E-state index contributed by atoms with van der Waals surface area (Å²) in [6, 6.07) is 20.1. The molecule has 0 aliphatic rings. The number of nitrogens with one attached hydrogen (secondary N) is 1. The lowest BCUT2D eigenvalue weighted by molar-refractivity contribution is -0.134. The first-order valence-corrected chi connectivity index (χ1v) is 8.73. The van der Waals surface area contributed by atoms with Crippen molar-refractivity contribution in [3.05, 3.63) is 77.3 Å². The van der Waals surface area contributed by atoms with Gasteiger partial charge in [-0.3, -0.25) is 9.59 Å². The van der Waals surface area contributed by atoms with Gasteiger partial charge in [-0.15, -0.1) is 0 Å². The monoisotopic (exact) mass is 367 g/mol. The molecule has 0 fully saturated rings. The summed E-state index contributed by atoms with van der Waals surface area (Å²) < 4.78 is 5.36. The van der Waals surface area contributed by atoms with Gasteiger partial charge < -0.3 is 10.1 Å². The van der Waals surface area contributed by atoms with E-state index >= 15 is 0 Å². The number of halogens is 1. The Kier molecular flexibility index (Phi) is 5.87. The van der Waals surface area contributed by atoms with Gasteiger partial charge in [-0.25, -0.2) is 0 Å². The maximum atomic E-state index is 12.0. The molecule has 0 atom stereocenters. The summed E-state index contributed by atoms with van der Waals surface area (Å²) in [6.45, 7) is 0.397. The number of fused-ring (bicyclic) bond motifs is 1. The van der Waals surface area contributed by atoms with Gasteiger partial charge in [0.05, 0.1) is 0 Å². The van der Waals surface area contributed by atoms with Crippen LogP contribution in [0.2, 0.25) is 5.02 Å². The topological polar surface area (TPSA) is 55.4 Å². The van der Waals surface area contributed by atoms with E-state index in [9.17, 15) is 9.59 Å². The molecule has 0 aromatic heterocycles. The minimum absolute atomic E-state index is 0.190. The average Bonchev–Trinajstić information content (AvgIpc) is 2.65. The number of hydrogen-bond donors (Lipinski definition) is 1. The highest BCUT2D eigenvalue weighted by molar-refractivity contribution is 6.30. The van der Waals surface area contributed by atoms with Gasteiger partial charge in [0.1, 0.15) is 5.75 Å². The summed E-state index contributed by atoms with van der Waals surface area (Å²) in [5, 5.41) is 5.47. The van der Waals surface area contributed by atoms with Crippen molar-refractivity contribution in [1.29, 1.82) is 0 Å². The minimum atomic E-state index is -0.318. The number of benzene rings is 3. The highest BCUT2D eigenvalue weighted by Gasteiger charge is 2.08. The lowest BCUT2D eigenvalue weighted by Crippen LogP contribution is -2.25. The van der Waals surface area contributed by atoms with Crippen LogP contribution in [0.25, 0.3) is 10.8 Å².